The van der Waals surface area contributed by atoms with Gasteiger partial charge in [0.15, 0.2) is 0 Å². The van der Waals surface area contributed by atoms with E-state index in [0.717, 1.165) is 0 Å². The number of Topliss-reactive ketones (excluding diaryl/α,β-unsaturated/α-hetero) is 1. The van der Waals surface area contributed by atoms with Crippen molar-refractivity contribution in [1.82, 2.24) is 14.8 Å². The molecular formula is C21H22ClN3O4. The number of carbonyl (C=O) groups excluding carboxylic acids is 2. The molecule has 1 aromatic carbocycles. The number of likely N-dealkylation sites (tertiary alicyclic amines) is 1. The van der Waals surface area contributed by atoms with E-state index in [2.05, 4.69) is 4.98 Å². The van der Waals surface area contributed by atoms with Gasteiger partial charge in [-0.15, -0.1) is 0 Å². The summed E-state index contributed by atoms with van der Waals surface area (Å²) < 4.78 is 5.13. The first-order chi connectivity index (χ1) is 13.8. The third kappa shape index (κ3) is 4.11. The number of ether oxygens (including phenoxy) is 1. The highest BCUT2D eigenvalue weighted by molar-refractivity contribution is 6.46. The summed E-state index contributed by atoms with van der Waals surface area (Å²) in [5.41, 5.74) is 0.991. The van der Waals surface area contributed by atoms with E-state index < -0.39 is 17.7 Å². The maximum Gasteiger partial charge on any atom is 0.295 e. The summed E-state index contributed by atoms with van der Waals surface area (Å²) in [6, 6.07) is 7.46. The van der Waals surface area contributed by atoms with Crippen molar-refractivity contribution in [3.05, 3.63) is 64.4 Å². The number of halogens is 1. The molecular weight excluding hydrogens is 394 g/mol. The Labute approximate surface area is 174 Å². The molecule has 8 heteroatoms. The van der Waals surface area contributed by atoms with Crippen LogP contribution >= 0.6 is 11.6 Å². The molecule has 1 aliphatic heterocycles. The standard InChI is InChI=1S/C21H22ClN3O4/c1-24(2)9-10-25-18(14-5-4-8-23-12-14)17(20(27)21(25)28)19(26)13-6-7-16(29-3)15(22)11-13/h4-8,11-12,18,26H,9-10H2,1-3H3/t18-/m0/s1. The summed E-state index contributed by atoms with van der Waals surface area (Å²) in [5, 5.41) is 11.3. The zero-order valence-electron chi connectivity index (χ0n) is 16.4. The zero-order chi connectivity index (χ0) is 21.1. The average molecular weight is 416 g/mol. The van der Waals surface area contributed by atoms with Gasteiger partial charge in [-0.3, -0.25) is 14.6 Å². The number of aliphatic hydroxyl groups excluding tert-OH is 1. The van der Waals surface area contributed by atoms with Crippen LogP contribution in [-0.2, 0) is 9.59 Å². The summed E-state index contributed by atoms with van der Waals surface area (Å²) in [5.74, 6) is -1.23. The Kier molecular flexibility index (Phi) is 6.20. The maximum absolute atomic E-state index is 12.9. The van der Waals surface area contributed by atoms with Crippen LogP contribution in [0.25, 0.3) is 5.76 Å². The number of hydrogen-bond acceptors (Lipinski definition) is 6. The first kappa shape index (κ1) is 20.8. The van der Waals surface area contributed by atoms with Gasteiger partial charge in [-0.05, 0) is 43.9 Å². The van der Waals surface area contributed by atoms with Crippen molar-refractivity contribution in [1.29, 1.82) is 0 Å². The molecule has 2 heterocycles. The van der Waals surface area contributed by atoms with E-state index in [9.17, 15) is 14.7 Å². The highest BCUT2D eigenvalue weighted by Crippen LogP contribution is 2.39. The zero-order valence-corrected chi connectivity index (χ0v) is 17.2. The normalized spacial score (nSPS) is 18.5. The van der Waals surface area contributed by atoms with Crippen LogP contribution < -0.4 is 4.74 Å². The molecule has 0 spiro atoms. The number of amides is 1. The molecule has 3 rings (SSSR count). The highest BCUT2D eigenvalue weighted by Gasteiger charge is 2.46. The number of benzene rings is 1. The molecule has 0 saturated carbocycles. The number of aliphatic hydroxyl groups is 1. The molecule has 0 aliphatic carbocycles. The first-order valence-electron chi connectivity index (χ1n) is 9.02. The van der Waals surface area contributed by atoms with Crippen molar-refractivity contribution < 1.29 is 19.4 Å². The predicted octanol–water partition coefficient (Wildman–Crippen LogP) is 2.73. The Morgan fingerprint density at radius 2 is 2.07 bits per heavy atom. The fourth-order valence-electron chi connectivity index (χ4n) is 3.27. The molecule has 0 radical (unpaired) electrons. The molecule has 2 aromatic rings. The fourth-order valence-corrected chi connectivity index (χ4v) is 3.53. The molecule has 1 aliphatic rings. The lowest BCUT2D eigenvalue weighted by molar-refractivity contribution is -0.140. The minimum atomic E-state index is -0.734. The Bertz CT molecular complexity index is 960. The molecule has 0 unspecified atom stereocenters. The van der Waals surface area contributed by atoms with Crippen LogP contribution in [0.1, 0.15) is 17.2 Å². The topological polar surface area (TPSA) is 83.0 Å². The van der Waals surface area contributed by atoms with Gasteiger partial charge < -0.3 is 19.6 Å². The van der Waals surface area contributed by atoms with Crippen LogP contribution in [0, 0.1) is 0 Å². The Morgan fingerprint density at radius 3 is 2.66 bits per heavy atom. The molecule has 1 aromatic heterocycles. The monoisotopic (exact) mass is 415 g/mol. The fraction of sp³-hybridized carbons (Fsp3) is 0.286. The summed E-state index contributed by atoms with van der Waals surface area (Å²) in [4.78, 5) is 33.1. The number of nitrogens with zero attached hydrogens (tertiary/aromatic N) is 3. The van der Waals surface area contributed by atoms with Gasteiger partial charge >= 0.3 is 0 Å². The highest BCUT2D eigenvalue weighted by atomic mass is 35.5. The van der Waals surface area contributed by atoms with E-state index in [1.54, 1.807) is 36.7 Å². The minimum Gasteiger partial charge on any atom is -0.507 e. The van der Waals surface area contributed by atoms with E-state index in [1.165, 1.54) is 18.1 Å². The average Bonchev–Trinajstić information content (AvgIpc) is 2.97. The first-order valence-corrected chi connectivity index (χ1v) is 9.40. The Morgan fingerprint density at radius 1 is 1.31 bits per heavy atom. The van der Waals surface area contributed by atoms with Crippen LogP contribution in [0.4, 0.5) is 0 Å². The number of likely N-dealkylation sites (N-methyl/N-ethyl adjacent to an activating group) is 1. The lowest BCUT2D eigenvalue weighted by Gasteiger charge is -2.26. The van der Waals surface area contributed by atoms with Gasteiger partial charge in [0.05, 0.1) is 23.7 Å². The molecule has 1 amide bonds. The van der Waals surface area contributed by atoms with Crippen molar-refractivity contribution in [2.75, 3.05) is 34.3 Å². The van der Waals surface area contributed by atoms with Crippen molar-refractivity contribution >= 4 is 29.1 Å². The SMILES string of the molecule is COc1ccc(C(O)=C2C(=O)C(=O)N(CCN(C)C)[C@H]2c2cccnc2)cc1Cl. The lowest BCUT2D eigenvalue weighted by Crippen LogP contribution is -2.35. The molecule has 1 atom stereocenters. The van der Waals surface area contributed by atoms with Crippen molar-refractivity contribution in [2.24, 2.45) is 0 Å². The van der Waals surface area contributed by atoms with Crippen LogP contribution in [0.3, 0.4) is 0 Å². The van der Waals surface area contributed by atoms with E-state index in [0.29, 0.717) is 30.0 Å². The number of aromatic nitrogens is 1. The number of rotatable bonds is 6. The van der Waals surface area contributed by atoms with E-state index in [1.807, 2.05) is 19.0 Å². The van der Waals surface area contributed by atoms with Gasteiger partial charge in [-0.1, -0.05) is 17.7 Å². The van der Waals surface area contributed by atoms with Crippen LogP contribution in [-0.4, -0.2) is 65.9 Å². The second-order valence-electron chi connectivity index (χ2n) is 6.93. The van der Waals surface area contributed by atoms with Crippen molar-refractivity contribution in [2.45, 2.75) is 6.04 Å². The third-order valence-corrected chi connectivity index (χ3v) is 5.05. The molecule has 7 nitrogen and oxygen atoms in total. The second-order valence-corrected chi connectivity index (χ2v) is 7.34. The van der Waals surface area contributed by atoms with Gasteiger partial charge in [0.25, 0.3) is 11.7 Å². The summed E-state index contributed by atoms with van der Waals surface area (Å²) in [6.45, 7) is 0.898. The van der Waals surface area contributed by atoms with Gasteiger partial charge in [0, 0.05) is 31.0 Å². The number of hydrogen-bond donors (Lipinski definition) is 1. The van der Waals surface area contributed by atoms with Crippen LogP contribution in [0.5, 0.6) is 5.75 Å². The Balaban J connectivity index is 2.13. The van der Waals surface area contributed by atoms with Crippen molar-refractivity contribution in [3.63, 3.8) is 0 Å². The van der Waals surface area contributed by atoms with E-state index in [4.69, 9.17) is 16.3 Å². The molecule has 0 bridgehead atoms. The van der Waals surface area contributed by atoms with Gasteiger partial charge in [0.2, 0.25) is 0 Å². The molecule has 29 heavy (non-hydrogen) atoms. The number of ketones is 1. The minimum absolute atomic E-state index is 0.0167. The van der Waals surface area contributed by atoms with Crippen LogP contribution in [0.2, 0.25) is 5.02 Å². The smallest absolute Gasteiger partial charge is 0.295 e. The summed E-state index contributed by atoms with van der Waals surface area (Å²) >= 11 is 6.18. The molecule has 1 fully saturated rings. The summed E-state index contributed by atoms with van der Waals surface area (Å²) in [7, 11) is 5.25. The quantitative estimate of drug-likeness (QED) is 0.443. The van der Waals surface area contributed by atoms with Crippen molar-refractivity contribution in [3.8, 4) is 5.75 Å². The number of carbonyl (C=O) groups is 2. The van der Waals surface area contributed by atoms with Crippen LogP contribution in [0.15, 0.2) is 48.3 Å². The molecule has 152 valence electrons. The summed E-state index contributed by atoms with van der Waals surface area (Å²) in [6.07, 6.45) is 3.20. The third-order valence-electron chi connectivity index (χ3n) is 4.75. The lowest BCUT2D eigenvalue weighted by atomic mass is 9.96. The molecule has 1 N–H and O–H groups in total. The van der Waals surface area contributed by atoms with Gasteiger partial charge in [0.1, 0.15) is 11.5 Å². The maximum atomic E-state index is 12.9. The van der Waals surface area contributed by atoms with E-state index >= 15 is 0 Å². The predicted molar refractivity (Wildman–Crippen MR) is 110 cm³/mol. The molecule has 1 saturated heterocycles. The Hall–Kier alpha value is -2.90. The number of pyridine rings is 1. The second kappa shape index (κ2) is 8.63. The van der Waals surface area contributed by atoms with E-state index in [-0.39, 0.29) is 16.4 Å². The largest absolute Gasteiger partial charge is 0.507 e. The number of methoxy groups -OCH3 is 1. The van der Waals surface area contributed by atoms with Gasteiger partial charge in [-0.2, -0.15) is 0 Å². The van der Waals surface area contributed by atoms with Gasteiger partial charge in [-0.25, -0.2) is 0 Å².